The molecule has 0 spiro atoms. The largest absolute Gasteiger partial charge is 0.444 e. The molecule has 0 bridgehead atoms. The van der Waals surface area contributed by atoms with Crippen LogP contribution in [0, 0.1) is 0 Å². The Morgan fingerprint density at radius 2 is 1.75 bits per heavy atom. The number of rotatable bonds is 5. The van der Waals surface area contributed by atoms with Gasteiger partial charge in [0, 0.05) is 16.3 Å². The number of ether oxygens (including phenoxy) is 2. The first kappa shape index (κ1) is 24.1. The monoisotopic (exact) mass is 458 g/mol. The number of aryl methyl sites for hydroxylation is 1. The topological polar surface area (TPSA) is 67.9 Å². The summed E-state index contributed by atoms with van der Waals surface area (Å²) >= 11 is 5.87. The number of benzene rings is 2. The van der Waals surface area contributed by atoms with Gasteiger partial charge in [0.2, 0.25) is 0 Å². The maximum Gasteiger partial charge on any atom is 0.412 e. The highest BCUT2D eigenvalue weighted by Gasteiger charge is 2.45. The van der Waals surface area contributed by atoms with E-state index in [9.17, 15) is 9.59 Å². The Balaban J connectivity index is 1.58. The molecule has 1 aliphatic heterocycles. The second-order valence-electron chi connectivity index (χ2n) is 9.46. The van der Waals surface area contributed by atoms with Crippen LogP contribution >= 0.6 is 11.6 Å². The highest BCUT2D eigenvalue weighted by Crippen LogP contribution is 2.31. The van der Waals surface area contributed by atoms with Crippen LogP contribution in [0.5, 0.6) is 0 Å². The molecule has 1 saturated heterocycles. The maximum absolute atomic E-state index is 12.8. The van der Waals surface area contributed by atoms with Gasteiger partial charge in [0.25, 0.3) is 5.91 Å². The fourth-order valence-corrected chi connectivity index (χ4v) is 3.79. The normalized spacial score (nSPS) is 17.8. The lowest BCUT2D eigenvalue weighted by Gasteiger charge is -2.35. The Morgan fingerprint density at radius 3 is 2.34 bits per heavy atom. The van der Waals surface area contributed by atoms with Crippen LogP contribution in [-0.4, -0.2) is 40.9 Å². The number of hydrogen-bond acceptors (Lipinski definition) is 4. The van der Waals surface area contributed by atoms with Crippen molar-refractivity contribution in [1.29, 1.82) is 0 Å². The number of anilines is 1. The van der Waals surface area contributed by atoms with Crippen LogP contribution in [0.15, 0.2) is 48.5 Å². The molecule has 1 atom stereocenters. The summed E-state index contributed by atoms with van der Waals surface area (Å²) in [6.07, 6.45) is 1.17. The zero-order valence-corrected chi connectivity index (χ0v) is 20.0. The average Bonchev–Trinajstić information content (AvgIpc) is 3.01. The number of hydrogen-bond donors (Lipinski definition) is 1. The fraction of sp³-hybridized carbons (Fsp3) is 0.440. The molecule has 0 saturated carbocycles. The van der Waals surface area contributed by atoms with Gasteiger partial charge in [-0.25, -0.2) is 4.79 Å². The molecule has 6 nitrogen and oxygen atoms in total. The van der Waals surface area contributed by atoms with Crippen LogP contribution in [0.2, 0.25) is 5.02 Å². The number of halogens is 1. The Hall–Kier alpha value is -2.57. The van der Waals surface area contributed by atoms with E-state index in [4.69, 9.17) is 21.1 Å². The minimum Gasteiger partial charge on any atom is -0.444 e. The van der Waals surface area contributed by atoms with Crippen molar-refractivity contribution in [3.63, 3.8) is 0 Å². The third-order valence-corrected chi connectivity index (χ3v) is 5.50. The van der Waals surface area contributed by atoms with E-state index in [0.717, 1.165) is 24.1 Å². The lowest BCUT2D eigenvalue weighted by atomic mass is 10.0. The molecule has 172 valence electrons. The highest BCUT2D eigenvalue weighted by atomic mass is 35.5. The summed E-state index contributed by atoms with van der Waals surface area (Å²) in [6.45, 7) is 9.82. The fourth-order valence-electron chi connectivity index (χ4n) is 3.67. The second kappa shape index (κ2) is 9.51. The molecule has 0 aromatic heterocycles. The lowest BCUT2D eigenvalue weighted by molar-refractivity contribution is -0.0626. The Kier molecular flexibility index (Phi) is 7.16. The molecule has 0 aliphatic carbocycles. The van der Waals surface area contributed by atoms with E-state index in [1.807, 2.05) is 58.9 Å². The number of amides is 2. The van der Waals surface area contributed by atoms with Crippen molar-refractivity contribution in [3.05, 3.63) is 64.7 Å². The van der Waals surface area contributed by atoms with E-state index in [1.54, 1.807) is 29.2 Å². The van der Waals surface area contributed by atoms with Crippen molar-refractivity contribution >= 4 is 29.3 Å². The second-order valence-corrected chi connectivity index (χ2v) is 9.89. The van der Waals surface area contributed by atoms with E-state index in [-0.39, 0.29) is 18.0 Å². The van der Waals surface area contributed by atoms with Crippen LogP contribution in [0.1, 0.15) is 57.0 Å². The minimum atomic E-state index is -0.706. The molecule has 2 amide bonds. The SMILES string of the molecule is CC(C)(C)OC(=O)N1C(CCc2ccc(NC(=O)c3ccc(Cl)cc3)cc2)COC1(C)C. The van der Waals surface area contributed by atoms with Gasteiger partial charge in [0.15, 0.2) is 0 Å². The quantitative estimate of drug-likeness (QED) is 0.605. The Labute approximate surface area is 194 Å². The number of nitrogens with one attached hydrogen (secondary N) is 1. The molecule has 0 radical (unpaired) electrons. The van der Waals surface area contributed by atoms with Gasteiger partial charge in [0.1, 0.15) is 11.3 Å². The minimum absolute atomic E-state index is 0.0656. The van der Waals surface area contributed by atoms with Crippen molar-refractivity contribution in [2.75, 3.05) is 11.9 Å². The summed E-state index contributed by atoms with van der Waals surface area (Å²) in [5.41, 5.74) is 1.11. The summed E-state index contributed by atoms with van der Waals surface area (Å²) in [7, 11) is 0. The number of carbonyl (C=O) groups excluding carboxylic acids is 2. The first-order valence-corrected chi connectivity index (χ1v) is 11.1. The Morgan fingerprint density at radius 1 is 1.12 bits per heavy atom. The van der Waals surface area contributed by atoms with Crippen LogP contribution in [0.4, 0.5) is 10.5 Å². The molecule has 32 heavy (non-hydrogen) atoms. The third kappa shape index (κ3) is 6.24. The molecule has 2 aromatic rings. The molecule has 3 rings (SSSR count). The lowest BCUT2D eigenvalue weighted by Crippen LogP contribution is -2.49. The van der Waals surface area contributed by atoms with E-state index in [1.165, 1.54) is 0 Å². The van der Waals surface area contributed by atoms with Gasteiger partial charge in [0.05, 0.1) is 12.6 Å². The van der Waals surface area contributed by atoms with Gasteiger partial charge in [-0.05, 0) is 89.4 Å². The van der Waals surface area contributed by atoms with Crippen LogP contribution in [0.3, 0.4) is 0 Å². The Bertz CT molecular complexity index is 949. The molecule has 7 heteroatoms. The predicted molar refractivity (Wildman–Crippen MR) is 126 cm³/mol. The first-order chi connectivity index (χ1) is 14.9. The molecule has 1 unspecified atom stereocenters. The summed E-state index contributed by atoms with van der Waals surface area (Å²) in [4.78, 5) is 26.8. The molecule has 1 heterocycles. The van der Waals surface area contributed by atoms with Crippen molar-refractivity contribution < 1.29 is 19.1 Å². The molecule has 1 aliphatic rings. The van der Waals surface area contributed by atoms with Crippen molar-refractivity contribution in [2.24, 2.45) is 0 Å². The zero-order chi connectivity index (χ0) is 23.5. The molecule has 1 fully saturated rings. The van der Waals surface area contributed by atoms with Gasteiger partial charge in [-0.2, -0.15) is 0 Å². The van der Waals surface area contributed by atoms with E-state index < -0.39 is 11.3 Å². The summed E-state index contributed by atoms with van der Waals surface area (Å²) in [6, 6.07) is 14.4. The van der Waals surface area contributed by atoms with Gasteiger partial charge in [-0.1, -0.05) is 23.7 Å². The van der Waals surface area contributed by atoms with Gasteiger partial charge in [-0.3, -0.25) is 9.69 Å². The smallest absolute Gasteiger partial charge is 0.412 e. The predicted octanol–water partition coefficient (Wildman–Crippen LogP) is 5.90. The van der Waals surface area contributed by atoms with E-state index >= 15 is 0 Å². The van der Waals surface area contributed by atoms with E-state index in [2.05, 4.69) is 5.32 Å². The van der Waals surface area contributed by atoms with Gasteiger partial charge < -0.3 is 14.8 Å². The average molecular weight is 459 g/mol. The van der Waals surface area contributed by atoms with Crippen LogP contribution < -0.4 is 5.32 Å². The summed E-state index contributed by atoms with van der Waals surface area (Å²) in [5, 5.41) is 3.48. The number of nitrogens with zero attached hydrogens (tertiary/aromatic N) is 1. The van der Waals surface area contributed by atoms with Crippen LogP contribution in [0.25, 0.3) is 0 Å². The van der Waals surface area contributed by atoms with Crippen molar-refractivity contribution in [3.8, 4) is 0 Å². The summed E-state index contributed by atoms with van der Waals surface area (Å²) < 4.78 is 11.5. The van der Waals surface area contributed by atoms with Crippen molar-refractivity contribution in [1.82, 2.24) is 4.90 Å². The third-order valence-electron chi connectivity index (χ3n) is 5.25. The molecular weight excluding hydrogens is 428 g/mol. The number of carbonyl (C=O) groups is 2. The van der Waals surface area contributed by atoms with Crippen molar-refractivity contribution in [2.45, 2.75) is 64.8 Å². The highest BCUT2D eigenvalue weighted by molar-refractivity contribution is 6.30. The first-order valence-electron chi connectivity index (χ1n) is 10.8. The van der Waals surface area contributed by atoms with Gasteiger partial charge in [-0.15, -0.1) is 0 Å². The standard InChI is InChI=1S/C25H31ClN2O4/c1-24(2,3)32-23(30)28-21(16-31-25(28,4)5)15-8-17-6-13-20(14-7-17)27-22(29)18-9-11-19(26)12-10-18/h6-7,9-14,21H,8,15-16H2,1-5H3,(H,27,29). The molecule has 1 N–H and O–H groups in total. The molecule has 2 aromatic carbocycles. The maximum atomic E-state index is 12.8. The molecular formula is C25H31ClN2O4. The van der Waals surface area contributed by atoms with Crippen LogP contribution in [-0.2, 0) is 15.9 Å². The summed E-state index contributed by atoms with van der Waals surface area (Å²) in [5.74, 6) is -0.187. The van der Waals surface area contributed by atoms with Gasteiger partial charge >= 0.3 is 6.09 Å². The van der Waals surface area contributed by atoms with E-state index in [0.29, 0.717) is 17.2 Å². The zero-order valence-electron chi connectivity index (χ0n) is 19.3.